The predicted molar refractivity (Wildman–Crippen MR) is 90.8 cm³/mol. The Labute approximate surface area is 139 Å². The van der Waals surface area contributed by atoms with Crippen LogP contribution in [-0.2, 0) is 4.74 Å². The highest BCUT2D eigenvalue weighted by atomic mass is 19.1. The minimum absolute atomic E-state index is 0.0428. The van der Waals surface area contributed by atoms with Crippen LogP contribution < -0.4 is 5.32 Å². The summed E-state index contributed by atoms with van der Waals surface area (Å²) in [5.74, 6) is 0.394. The molecule has 1 aliphatic rings. The number of methoxy groups -OCH3 is 1. The second-order valence-corrected chi connectivity index (χ2v) is 7.42. The summed E-state index contributed by atoms with van der Waals surface area (Å²) in [4.78, 5) is 0. The molecule has 3 nitrogen and oxygen atoms in total. The van der Waals surface area contributed by atoms with Crippen molar-refractivity contribution < 1.29 is 14.2 Å². The average Bonchev–Trinajstić information content (AvgIpc) is 2.53. The molecule has 0 bridgehead atoms. The number of ether oxygens (including phenoxy) is 1. The number of aliphatic hydroxyl groups excluding tert-OH is 1. The molecule has 1 atom stereocenters. The van der Waals surface area contributed by atoms with E-state index < -0.39 is 6.10 Å². The van der Waals surface area contributed by atoms with Gasteiger partial charge in [0.15, 0.2) is 0 Å². The molecule has 1 fully saturated rings. The molecule has 0 amide bonds. The maximum atomic E-state index is 13.2. The number of halogens is 1. The van der Waals surface area contributed by atoms with E-state index in [9.17, 15) is 9.50 Å². The minimum atomic E-state index is -0.686. The van der Waals surface area contributed by atoms with Gasteiger partial charge in [0, 0.05) is 19.2 Å². The average molecular weight is 323 g/mol. The molecule has 4 heteroatoms. The molecule has 1 aromatic carbocycles. The summed E-state index contributed by atoms with van der Waals surface area (Å²) in [5, 5.41) is 13.7. The minimum Gasteiger partial charge on any atom is -0.387 e. The van der Waals surface area contributed by atoms with Gasteiger partial charge in [-0.1, -0.05) is 12.1 Å². The third kappa shape index (κ3) is 5.87. The second-order valence-electron chi connectivity index (χ2n) is 7.42. The van der Waals surface area contributed by atoms with Gasteiger partial charge in [-0.05, 0) is 69.6 Å². The highest BCUT2D eigenvalue weighted by Crippen LogP contribution is 2.32. The number of hydrogen-bond acceptors (Lipinski definition) is 3. The Morgan fingerprint density at radius 2 is 2.00 bits per heavy atom. The van der Waals surface area contributed by atoms with Crippen molar-refractivity contribution in [2.75, 3.05) is 13.7 Å². The highest BCUT2D eigenvalue weighted by Gasteiger charge is 2.27. The zero-order chi connectivity index (χ0) is 16.9. The Morgan fingerprint density at radius 1 is 1.30 bits per heavy atom. The summed E-state index contributed by atoms with van der Waals surface area (Å²) in [5.41, 5.74) is 0.577. The molecule has 0 radical (unpaired) electrons. The van der Waals surface area contributed by atoms with E-state index in [1.54, 1.807) is 19.2 Å². The van der Waals surface area contributed by atoms with Crippen LogP contribution in [0.1, 0.15) is 57.6 Å². The van der Waals surface area contributed by atoms with Crippen molar-refractivity contribution in [3.8, 4) is 0 Å². The van der Waals surface area contributed by atoms with Gasteiger partial charge in [-0.2, -0.15) is 0 Å². The van der Waals surface area contributed by atoms with Gasteiger partial charge in [-0.3, -0.25) is 0 Å². The maximum absolute atomic E-state index is 13.2. The van der Waals surface area contributed by atoms with Crippen LogP contribution >= 0.6 is 0 Å². The molecule has 130 valence electrons. The van der Waals surface area contributed by atoms with E-state index in [0.29, 0.717) is 24.1 Å². The smallest absolute Gasteiger partial charge is 0.123 e. The van der Waals surface area contributed by atoms with E-state index in [0.717, 1.165) is 19.3 Å². The number of rotatable bonds is 7. The van der Waals surface area contributed by atoms with Gasteiger partial charge in [0.1, 0.15) is 5.82 Å². The predicted octanol–water partition coefficient (Wildman–Crippen LogP) is 3.82. The maximum Gasteiger partial charge on any atom is 0.123 e. The molecular weight excluding hydrogens is 293 g/mol. The number of hydrogen-bond donors (Lipinski definition) is 2. The first-order chi connectivity index (χ1) is 10.9. The van der Waals surface area contributed by atoms with Gasteiger partial charge in [0.25, 0.3) is 0 Å². The fraction of sp³-hybridized carbons (Fsp3) is 0.684. The Bertz CT molecular complexity index is 484. The third-order valence-electron chi connectivity index (χ3n) is 4.93. The second kappa shape index (κ2) is 8.22. The molecule has 1 aliphatic carbocycles. The van der Waals surface area contributed by atoms with Gasteiger partial charge >= 0.3 is 0 Å². The standard InChI is InChI=1S/C19H30FNO2/c1-19(2,12-14-7-9-17(23-3)10-8-14)21-13-18(22)15-5-4-6-16(20)11-15/h4-6,11,14,17-18,21-22H,7-10,12-13H2,1-3H3/t14-,17+,18-/m0/s1. The lowest BCUT2D eigenvalue weighted by molar-refractivity contribution is 0.0505. The molecule has 0 heterocycles. The molecule has 2 rings (SSSR count). The number of nitrogens with one attached hydrogen (secondary N) is 1. The summed E-state index contributed by atoms with van der Waals surface area (Å²) in [7, 11) is 1.80. The first-order valence-corrected chi connectivity index (χ1v) is 8.61. The van der Waals surface area contributed by atoms with E-state index in [1.165, 1.54) is 25.0 Å². The lowest BCUT2D eigenvalue weighted by Gasteiger charge is -2.35. The molecule has 1 saturated carbocycles. The van der Waals surface area contributed by atoms with Crippen molar-refractivity contribution in [2.45, 2.75) is 63.7 Å². The number of aliphatic hydroxyl groups is 1. The Balaban J connectivity index is 1.79. The fourth-order valence-electron chi connectivity index (χ4n) is 3.57. The van der Waals surface area contributed by atoms with E-state index in [1.807, 2.05) is 0 Å². The van der Waals surface area contributed by atoms with Crippen LogP contribution in [0.4, 0.5) is 4.39 Å². The number of benzene rings is 1. The molecule has 0 aromatic heterocycles. The first kappa shape index (κ1) is 18.4. The first-order valence-electron chi connectivity index (χ1n) is 8.61. The highest BCUT2D eigenvalue weighted by molar-refractivity contribution is 5.19. The molecule has 2 N–H and O–H groups in total. The lowest BCUT2D eigenvalue weighted by atomic mass is 9.79. The van der Waals surface area contributed by atoms with Crippen molar-refractivity contribution in [3.63, 3.8) is 0 Å². The molecular formula is C19H30FNO2. The van der Waals surface area contributed by atoms with Crippen molar-refractivity contribution in [1.29, 1.82) is 0 Å². The Hall–Kier alpha value is -0.970. The van der Waals surface area contributed by atoms with Crippen molar-refractivity contribution in [3.05, 3.63) is 35.6 Å². The van der Waals surface area contributed by atoms with Gasteiger partial charge in [-0.15, -0.1) is 0 Å². The van der Waals surface area contributed by atoms with E-state index in [4.69, 9.17) is 4.74 Å². The van der Waals surface area contributed by atoms with Crippen LogP contribution in [0.3, 0.4) is 0 Å². The van der Waals surface area contributed by atoms with Crippen LogP contribution in [0, 0.1) is 11.7 Å². The molecule has 0 unspecified atom stereocenters. The Morgan fingerprint density at radius 3 is 2.61 bits per heavy atom. The van der Waals surface area contributed by atoms with Gasteiger partial charge < -0.3 is 15.2 Å². The van der Waals surface area contributed by atoms with Gasteiger partial charge in [-0.25, -0.2) is 4.39 Å². The van der Waals surface area contributed by atoms with Crippen LogP contribution in [0.5, 0.6) is 0 Å². The fourth-order valence-corrected chi connectivity index (χ4v) is 3.57. The van der Waals surface area contributed by atoms with Gasteiger partial charge in [0.05, 0.1) is 12.2 Å². The molecule has 0 saturated heterocycles. The summed E-state index contributed by atoms with van der Waals surface area (Å²) in [6, 6.07) is 6.18. The summed E-state index contributed by atoms with van der Waals surface area (Å²) < 4.78 is 18.7. The van der Waals surface area contributed by atoms with Crippen molar-refractivity contribution >= 4 is 0 Å². The SMILES string of the molecule is CO[C@H]1CC[C@@H](CC(C)(C)NC[C@H](O)c2cccc(F)c2)CC1. The Kier molecular flexibility index (Phi) is 6.57. The normalized spacial score (nSPS) is 23.7. The lowest BCUT2D eigenvalue weighted by Crippen LogP contribution is -2.43. The van der Waals surface area contributed by atoms with Crippen LogP contribution in [0.25, 0.3) is 0 Å². The zero-order valence-electron chi connectivity index (χ0n) is 14.5. The van der Waals surface area contributed by atoms with Crippen LogP contribution in [0.2, 0.25) is 0 Å². The monoisotopic (exact) mass is 323 g/mol. The summed E-state index contributed by atoms with van der Waals surface area (Å²) in [6.45, 7) is 4.78. The zero-order valence-corrected chi connectivity index (χ0v) is 14.5. The third-order valence-corrected chi connectivity index (χ3v) is 4.93. The quantitative estimate of drug-likeness (QED) is 0.801. The molecule has 0 spiro atoms. The van der Waals surface area contributed by atoms with Crippen molar-refractivity contribution in [1.82, 2.24) is 5.32 Å². The van der Waals surface area contributed by atoms with E-state index in [2.05, 4.69) is 19.2 Å². The van der Waals surface area contributed by atoms with Crippen LogP contribution in [-0.4, -0.2) is 30.4 Å². The topological polar surface area (TPSA) is 41.5 Å². The summed E-state index contributed by atoms with van der Waals surface area (Å²) in [6.07, 6.45) is 5.52. The summed E-state index contributed by atoms with van der Waals surface area (Å²) >= 11 is 0. The largest absolute Gasteiger partial charge is 0.387 e. The van der Waals surface area contributed by atoms with Crippen molar-refractivity contribution in [2.24, 2.45) is 5.92 Å². The number of β-amino-alcohol motifs (C(OH)–C–C–N with tert-alkyl or cyclic N) is 1. The van der Waals surface area contributed by atoms with Crippen LogP contribution in [0.15, 0.2) is 24.3 Å². The van der Waals surface area contributed by atoms with E-state index >= 15 is 0 Å². The molecule has 23 heavy (non-hydrogen) atoms. The van der Waals surface area contributed by atoms with Gasteiger partial charge in [0.2, 0.25) is 0 Å². The molecule has 1 aromatic rings. The molecule has 0 aliphatic heterocycles. The van der Waals surface area contributed by atoms with E-state index in [-0.39, 0.29) is 11.4 Å².